The molecule has 1 aromatic rings. The first-order chi connectivity index (χ1) is 8.84. The Balaban J connectivity index is 2.62. The van der Waals surface area contributed by atoms with Crippen LogP contribution in [0.3, 0.4) is 0 Å². The van der Waals surface area contributed by atoms with Crippen LogP contribution < -0.4 is 4.72 Å². The van der Waals surface area contributed by atoms with Gasteiger partial charge in [0.05, 0.1) is 11.9 Å². The molecular weight excluding hydrogens is 309 g/mol. The van der Waals surface area contributed by atoms with E-state index in [0.29, 0.717) is 22.0 Å². The Morgan fingerprint density at radius 2 is 1.84 bits per heavy atom. The normalized spacial score (nSPS) is 13.5. The van der Waals surface area contributed by atoms with E-state index in [9.17, 15) is 13.5 Å². The number of unbranched alkanes of at least 4 members (excludes halogenated alkanes) is 1. The fourth-order valence-electron chi connectivity index (χ4n) is 1.50. The van der Waals surface area contributed by atoms with E-state index in [4.69, 9.17) is 23.2 Å². The third-order valence-electron chi connectivity index (χ3n) is 2.53. The summed E-state index contributed by atoms with van der Waals surface area (Å²) in [6, 6.07) is 4.65. The highest BCUT2D eigenvalue weighted by Crippen LogP contribution is 2.23. The van der Waals surface area contributed by atoms with Crippen molar-refractivity contribution >= 4 is 33.2 Å². The maximum atomic E-state index is 11.6. The maximum Gasteiger partial charge on any atom is 0.211 e. The van der Waals surface area contributed by atoms with Gasteiger partial charge in [-0.2, -0.15) is 0 Å². The molecule has 0 radical (unpaired) electrons. The van der Waals surface area contributed by atoms with E-state index >= 15 is 0 Å². The fourth-order valence-corrected chi connectivity index (χ4v) is 3.27. The number of aliphatic hydroxyl groups excluding tert-OH is 1. The second kappa shape index (κ2) is 7.45. The molecule has 1 aromatic carbocycles. The highest BCUT2D eigenvalue weighted by Gasteiger charge is 2.14. The molecule has 1 unspecified atom stereocenters. The lowest BCUT2D eigenvalue weighted by molar-refractivity contribution is 0.182. The minimum absolute atomic E-state index is 0.0620. The molecule has 0 bridgehead atoms. The quantitative estimate of drug-likeness (QED) is 0.810. The number of nitrogens with one attached hydrogen (secondary N) is 1. The van der Waals surface area contributed by atoms with Crippen molar-refractivity contribution in [3.63, 3.8) is 0 Å². The lowest BCUT2D eigenvalue weighted by Crippen LogP contribution is -2.30. The van der Waals surface area contributed by atoms with Gasteiger partial charge < -0.3 is 5.11 Å². The molecule has 0 aliphatic heterocycles. The lowest BCUT2D eigenvalue weighted by Gasteiger charge is -2.13. The van der Waals surface area contributed by atoms with Gasteiger partial charge in [0.1, 0.15) is 0 Å². The lowest BCUT2D eigenvalue weighted by atomic mass is 10.1. The number of sulfonamides is 1. The molecule has 4 nitrogen and oxygen atoms in total. The Kier molecular flexibility index (Phi) is 6.56. The molecule has 1 rings (SSSR count). The van der Waals surface area contributed by atoms with Gasteiger partial charge in [0.2, 0.25) is 10.0 Å². The highest BCUT2D eigenvalue weighted by molar-refractivity contribution is 7.89. The maximum absolute atomic E-state index is 11.6. The molecule has 0 spiro atoms. The zero-order valence-corrected chi connectivity index (χ0v) is 12.9. The van der Waals surface area contributed by atoms with E-state index < -0.39 is 16.1 Å². The molecule has 0 amide bonds. The topological polar surface area (TPSA) is 66.4 Å². The second-order valence-corrected chi connectivity index (χ2v) is 7.04. The molecule has 108 valence electrons. The van der Waals surface area contributed by atoms with E-state index in [1.165, 1.54) is 0 Å². The Morgan fingerprint density at radius 1 is 1.26 bits per heavy atom. The SMILES string of the molecule is CCCCS(=O)(=O)NCC(O)c1cc(Cl)cc(Cl)c1. The molecule has 0 heterocycles. The van der Waals surface area contributed by atoms with E-state index in [0.717, 1.165) is 6.42 Å². The van der Waals surface area contributed by atoms with Crippen LogP contribution in [-0.4, -0.2) is 25.8 Å². The average molecular weight is 326 g/mol. The van der Waals surface area contributed by atoms with Gasteiger partial charge in [-0.1, -0.05) is 36.5 Å². The minimum Gasteiger partial charge on any atom is -0.387 e. The van der Waals surface area contributed by atoms with Gasteiger partial charge in [-0.3, -0.25) is 0 Å². The summed E-state index contributed by atoms with van der Waals surface area (Å²) >= 11 is 11.6. The zero-order chi connectivity index (χ0) is 14.5. The molecule has 0 saturated heterocycles. The number of hydrogen-bond donors (Lipinski definition) is 2. The van der Waals surface area contributed by atoms with Gasteiger partial charge in [-0.15, -0.1) is 0 Å². The van der Waals surface area contributed by atoms with Crippen molar-refractivity contribution in [3.05, 3.63) is 33.8 Å². The Morgan fingerprint density at radius 3 is 2.37 bits per heavy atom. The summed E-state index contributed by atoms with van der Waals surface area (Å²) < 4.78 is 25.5. The van der Waals surface area contributed by atoms with Gasteiger partial charge in [0.25, 0.3) is 0 Å². The van der Waals surface area contributed by atoms with Crippen LogP contribution in [0.2, 0.25) is 10.0 Å². The molecule has 0 fully saturated rings. The smallest absolute Gasteiger partial charge is 0.211 e. The van der Waals surface area contributed by atoms with Crippen LogP contribution in [0.15, 0.2) is 18.2 Å². The molecule has 0 saturated carbocycles. The summed E-state index contributed by atoms with van der Waals surface area (Å²) in [6.45, 7) is 1.82. The van der Waals surface area contributed by atoms with Gasteiger partial charge in [-0.25, -0.2) is 13.1 Å². The van der Waals surface area contributed by atoms with Crippen LogP contribution >= 0.6 is 23.2 Å². The third-order valence-corrected chi connectivity index (χ3v) is 4.40. The zero-order valence-electron chi connectivity index (χ0n) is 10.6. The molecule has 7 heteroatoms. The molecular formula is C12H17Cl2NO3S. The van der Waals surface area contributed by atoms with Gasteiger partial charge >= 0.3 is 0 Å². The van der Waals surface area contributed by atoms with E-state index in [1.807, 2.05) is 6.92 Å². The predicted molar refractivity (Wildman–Crippen MR) is 78.1 cm³/mol. The van der Waals surface area contributed by atoms with Crippen LogP contribution in [0, 0.1) is 0 Å². The molecule has 2 N–H and O–H groups in total. The number of halogens is 2. The van der Waals surface area contributed by atoms with Gasteiger partial charge in [0.15, 0.2) is 0 Å². The molecule has 0 aliphatic rings. The standard InChI is InChI=1S/C12H17Cl2NO3S/c1-2-3-4-19(17,18)15-8-12(16)9-5-10(13)7-11(14)6-9/h5-7,12,15-16H,2-4,8H2,1H3. The Hall–Kier alpha value is -0.330. The van der Waals surface area contributed by atoms with Crippen molar-refractivity contribution < 1.29 is 13.5 Å². The van der Waals surface area contributed by atoms with Crippen LogP contribution in [-0.2, 0) is 10.0 Å². The summed E-state index contributed by atoms with van der Waals surface area (Å²) in [4.78, 5) is 0. The largest absolute Gasteiger partial charge is 0.387 e. The summed E-state index contributed by atoms with van der Waals surface area (Å²) in [7, 11) is -3.34. The fraction of sp³-hybridized carbons (Fsp3) is 0.500. The number of rotatable bonds is 7. The van der Waals surface area contributed by atoms with E-state index in [1.54, 1.807) is 18.2 Å². The van der Waals surface area contributed by atoms with Crippen LogP contribution in [0.1, 0.15) is 31.4 Å². The van der Waals surface area contributed by atoms with Crippen molar-refractivity contribution in [1.82, 2.24) is 4.72 Å². The van der Waals surface area contributed by atoms with Crippen molar-refractivity contribution in [2.45, 2.75) is 25.9 Å². The number of hydrogen-bond acceptors (Lipinski definition) is 3. The van der Waals surface area contributed by atoms with Crippen LogP contribution in [0.4, 0.5) is 0 Å². The highest BCUT2D eigenvalue weighted by atomic mass is 35.5. The Bertz CT molecular complexity index is 499. The average Bonchev–Trinajstić information content (AvgIpc) is 2.32. The van der Waals surface area contributed by atoms with Crippen LogP contribution in [0.5, 0.6) is 0 Å². The van der Waals surface area contributed by atoms with Crippen molar-refractivity contribution in [3.8, 4) is 0 Å². The summed E-state index contributed by atoms with van der Waals surface area (Å²) in [6.07, 6.45) is 0.412. The number of benzene rings is 1. The molecule has 19 heavy (non-hydrogen) atoms. The number of aliphatic hydroxyl groups is 1. The molecule has 1 atom stereocenters. The molecule has 0 aromatic heterocycles. The second-order valence-electron chi connectivity index (χ2n) is 4.24. The monoisotopic (exact) mass is 325 g/mol. The van der Waals surface area contributed by atoms with Crippen molar-refractivity contribution in [2.24, 2.45) is 0 Å². The minimum atomic E-state index is -3.34. The Labute approximate surface area is 123 Å². The van der Waals surface area contributed by atoms with Crippen molar-refractivity contribution in [1.29, 1.82) is 0 Å². The summed E-state index contributed by atoms with van der Waals surface area (Å²) in [5, 5.41) is 10.7. The first-order valence-corrected chi connectivity index (χ1v) is 8.36. The van der Waals surface area contributed by atoms with E-state index in [2.05, 4.69) is 4.72 Å². The summed E-state index contributed by atoms with van der Waals surface area (Å²) in [5.41, 5.74) is 0.482. The predicted octanol–water partition coefficient (Wildman–Crippen LogP) is 2.75. The van der Waals surface area contributed by atoms with Gasteiger partial charge in [0, 0.05) is 16.6 Å². The first-order valence-electron chi connectivity index (χ1n) is 5.95. The third kappa shape index (κ3) is 6.10. The van der Waals surface area contributed by atoms with Crippen molar-refractivity contribution in [2.75, 3.05) is 12.3 Å². The molecule has 0 aliphatic carbocycles. The van der Waals surface area contributed by atoms with Gasteiger partial charge in [-0.05, 0) is 30.2 Å². The van der Waals surface area contributed by atoms with Crippen LogP contribution in [0.25, 0.3) is 0 Å². The van der Waals surface area contributed by atoms with E-state index in [-0.39, 0.29) is 12.3 Å². The first kappa shape index (κ1) is 16.7. The summed E-state index contributed by atoms with van der Waals surface area (Å²) in [5.74, 6) is 0.0620.